The van der Waals surface area contributed by atoms with Crippen molar-refractivity contribution in [2.45, 2.75) is 0 Å². The van der Waals surface area contributed by atoms with Crippen LogP contribution in [0.4, 0.5) is 5.69 Å². The Labute approximate surface area is 76.8 Å². The Balaban J connectivity index is 2.41. The summed E-state index contributed by atoms with van der Waals surface area (Å²) in [7, 11) is 1.91. The Morgan fingerprint density at radius 1 is 1.38 bits per heavy atom. The maximum atomic E-state index is 4.18. The van der Waals surface area contributed by atoms with E-state index in [1.165, 1.54) is 0 Å². The summed E-state index contributed by atoms with van der Waals surface area (Å²) in [5.74, 6) is 0. The normalized spacial score (nSPS) is 9.92. The third-order valence-electron chi connectivity index (χ3n) is 1.95. The van der Waals surface area contributed by atoms with Crippen molar-refractivity contribution in [1.82, 2.24) is 9.97 Å². The van der Waals surface area contributed by atoms with Crippen molar-refractivity contribution in [3.05, 3.63) is 36.8 Å². The Bertz CT molecular complexity index is 379. The Hall–Kier alpha value is -1.77. The van der Waals surface area contributed by atoms with Gasteiger partial charge in [0.15, 0.2) is 0 Å². The number of rotatable bonds is 2. The highest BCUT2D eigenvalue weighted by Crippen LogP contribution is 2.19. The molecule has 1 aromatic carbocycles. The molecule has 0 aliphatic heterocycles. The number of imidazole rings is 1. The first kappa shape index (κ1) is 7.86. The maximum absolute atomic E-state index is 4.18. The number of benzene rings is 1. The molecule has 0 bridgehead atoms. The second kappa shape index (κ2) is 3.31. The van der Waals surface area contributed by atoms with E-state index in [1.54, 1.807) is 6.33 Å². The number of H-pyrrole nitrogens is 1. The van der Waals surface area contributed by atoms with E-state index < -0.39 is 0 Å². The third-order valence-corrected chi connectivity index (χ3v) is 1.95. The minimum atomic E-state index is 0.970. The smallest absolute Gasteiger partial charge is 0.0927 e. The van der Waals surface area contributed by atoms with E-state index in [-0.39, 0.29) is 0 Å². The SMILES string of the molecule is CNc1cccc(-c2c[nH]cn2)c1. The van der Waals surface area contributed by atoms with Gasteiger partial charge in [0.05, 0.1) is 12.0 Å². The first-order chi connectivity index (χ1) is 6.40. The molecule has 0 unspecified atom stereocenters. The Kier molecular flexibility index (Phi) is 2.00. The van der Waals surface area contributed by atoms with Crippen LogP contribution in [0.25, 0.3) is 11.3 Å². The molecule has 0 saturated heterocycles. The highest BCUT2D eigenvalue weighted by atomic mass is 14.9. The molecule has 0 amide bonds. The highest BCUT2D eigenvalue weighted by Gasteiger charge is 1.98. The summed E-state index contributed by atoms with van der Waals surface area (Å²) in [4.78, 5) is 7.11. The number of aromatic nitrogens is 2. The molecular weight excluding hydrogens is 162 g/mol. The summed E-state index contributed by atoms with van der Waals surface area (Å²) >= 11 is 0. The van der Waals surface area contributed by atoms with Crippen molar-refractivity contribution < 1.29 is 0 Å². The predicted octanol–water partition coefficient (Wildman–Crippen LogP) is 2.12. The van der Waals surface area contributed by atoms with Gasteiger partial charge in [-0.3, -0.25) is 0 Å². The van der Waals surface area contributed by atoms with Crippen molar-refractivity contribution in [2.24, 2.45) is 0 Å². The van der Waals surface area contributed by atoms with E-state index in [1.807, 2.05) is 31.4 Å². The largest absolute Gasteiger partial charge is 0.388 e. The van der Waals surface area contributed by atoms with E-state index in [0.29, 0.717) is 0 Å². The quantitative estimate of drug-likeness (QED) is 0.730. The molecule has 3 heteroatoms. The van der Waals surface area contributed by atoms with Gasteiger partial charge in [0, 0.05) is 24.5 Å². The zero-order valence-electron chi connectivity index (χ0n) is 7.41. The molecule has 0 fully saturated rings. The zero-order valence-corrected chi connectivity index (χ0v) is 7.41. The first-order valence-electron chi connectivity index (χ1n) is 4.17. The number of hydrogen-bond acceptors (Lipinski definition) is 2. The van der Waals surface area contributed by atoms with Crippen molar-refractivity contribution >= 4 is 5.69 Å². The van der Waals surface area contributed by atoms with Crippen molar-refractivity contribution in [1.29, 1.82) is 0 Å². The van der Waals surface area contributed by atoms with Gasteiger partial charge in [-0.15, -0.1) is 0 Å². The molecule has 2 rings (SSSR count). The van der Waals surface area contributed by atoms with Gasteiger partial charge in [-0.05, 0) is 12.1 Å². The molecule has 0 saturated carbocycles. The topological polar surface area (TPSA) is 40.7 Å². The van der Waals surface area contributed by atoms with E-state index in [9.17, 15) is 0 Å². The standard InChI is InChI=1S/C10H11N3/c1-11-9-4-2-3-8(5-9)10-6-12-7-13-10/h2-7,11H,1H3,(H,12,13). The second-order valence-corrected chi connectivity index (χ2v) is 2.79. The molecule has 66 valence electrons. The molecule has 0 atom stereocenters. The van der Waals surface area contributed by atoms with Gasteiger partial charge in [-0.25, -0.2) is 4.98 Å². The molecule has 0 radical (unpaired) electrons. The van der Waals surface area contributed by atoms with Crippen molar-refractivity contribution in [2.75, 3.05) is 12.4 Å². The van der Waals surface area contributed by atoms with Gasteiger partial charge in [-0.1, -0.05) is 12.1 Å². The van der Waals surface area contributed by atoms with Crippen LogP contribution in [-0.4, -0.2) is 17.0 Å². The van der Waals surface area contributed by atoms with Crippen molar-refractivity contribution in [3.8, 4) is 11.3 Å². The minimum absolute atomic E-state index is 0.970. The van der Waals surface area contributed by atoms with Crippen LogP contribution in [0.15, 0.2) is 36.8 Å². The summed E-state index contributed by atoms with van der Waals surface area (Å²) in [6.07, 6.45) is 3.57. The highest BCUT2D eigenvalue weighted by molar-refractivity contribution is 5.64. The van der Waals surface area contributed by atoms with E-state index in [0.717, 1.165) is 16.9 Å². The number of hydrogen-bond donors (Lipinski definition) is 2. The average molecular weight is 173 g/mol. The summed E-state index contributed by atoms with van der Waals surface area (Å²) in [5.41, 5.74) is 3.19. The molecule has 0 aliphatic carbocycles. The summed E-state index contributed by atoms with van der Waals surface area (Å²) in [6.45, 7) is 0. The van der Waals surface area contributed by atoms with Crippen LogP contribution in [0.1, 0.15) is 0 Å². The fourth-order valence-electron chi connectivity index (χ4n) is 1.25. The predicted molar refractivity (Wildman–Crippen MR) is 53.6 cm³/mol. The third kappa shape index (κ3) is 1.54. The van der Waals surface area contributed by atoms with Gasteiger partial charge in [0.2, 0.25) is 0 Å². The van der Waals surface area contributed by atoms with Crippen LogP contribution in [0, 0.1) is 0 Å². The Morgan fingerprint density at radius 2 is 2.31 bits per heavy atom. The average Bonchev–Trinajstić information content (AvgIpc) is 2.71. The summed E-state index contributed by atoms with van der Waals surface area (Å²) < 4.78 is 0. The number of anilines is 1. The zero-order chi connectivity index (χ0) is 9.10. The molecule has 0 aliphatic rings. The lowest BCUT2D eigenvalue weighted by atomic mass is 10.1. The first-order valence-corrected chi connectivity index (χ1v) is 4.17. The van der Waals surface area contributed by atoms with Gasteiger partial charge < -0.3 is 10.3 Å². The lowest BCUT2D eigenvalue weighted by Gasteiger charge is -2.01. The lowest BCUT2D eigenvalue weighted by molar-refractivity contribution is 1.31. The van der Waals surface area contributed by atoms with E-state index >= 15 is 0 Å². The molecule has 3 nitrogen and oxygen atoms in total. The molecule has 1 heterocycles. The fourth-order valence-corrected chi connectivity index (χ4v) is 1.25. The maximum Gasteiger partial charge on any atom is 0.0927 e. The monoisotopic (exact) mass is 173 g/mol. The minimum Gasteiger partial charge on any atom is -0.388 e. The fraction of sp³-hybridized carbons (Fsp3) is 0.100. The molecule has 0 spiro atoms. The number of nitrogens with one attached hydrogen (secondary N) is 2. The van der Waals surface area contributed by atoms with Crippen LogP contribution in [0.2, 0.25) is 0 Å². The van der Waals surface area contributed by atoms with Gasteiger partial charge >= 0.3 is 0 Å². The molecule has 13 heavy (non-hydrogen) atoms. The van der Waals surface area contributed by atoms with E-state index in [4.69, 9.17) is 0 Å². The van der Waals surface area contributed by atoms with Crippen LogP contribution in [0.3, 0.4) is 0 Å². The summed E-state index contributed by atoms with van der Waals surface area (Å²) in [5, 5.41) is 3.09. The Morgan fingerprint density at radius 3 is 3.00 bits per heavy atom. The summed E-state index contributed by atoms with van der Waals surface area (Å²) in [6, 6.07) is 8.14. The van der Waals surface area contributed by atoms with Gasteiger partial charge in [0.1, 0.15) is 0 Å². The van der Waals surface area contributed by atoms with Crippen LogP contribution in [-0.2, 0) is 0 Å². The van der Waals surface area contributed by atoms with E-state index in [2.05, 4.69) is 21.4 Å². The number of nitrogens with zero attached hydrogens (tertiary/aromatic N) is 1. The lowest BCUT2D eigenvalue weighted by Crippen LogP contribution is -1.87. The van der Waals surface area contributed by atoms with Crippen LogP contribution < -0.4 is 5.32 Å². The van der Waals surface area contributed by atoms with Crippen LogP contribution >= 0.6 is 0 Å². The van der Waals surface area contributed by atoms with Crippen LogP contribution in [0.5, 0.6) is 0 Å². The number of aromatic amines is 1. The second-order valence-electron chi connectivity index (χ2n) is 2.79. The molecule has 2 N–H and O–H groups in total. The van der Waals surface area contributed by atoms with Gasteiger partial charge in [-0.2, -0.15) is 0 Å². The molecule has 1 aromatic heterocycles. The van der Waals surface area contributed by atoms with Crippen molar-refractivity contribution in [3.63, 3.8) is 0 Å². The molecule has 2 aromatic rings. The van der Waals surface area contributed by atoms with Gasteiger partial charge in [0.25, 0.3) is 0 Å². The molecular formula is C10H11N3.